The summed E-state index contributed by atoms with van der Waals surface area (Å²) in [5.74, 6) is 2.62. The van der Waals surface area contributed by atoms with Gasteiger partial charge in [0.05, 0.1) is 0 Å². The van der Waals surface area contributed by atoms with Gasteiger partial charge in [-0.1, -0.05) is 0 Å². The number of hydrazine groups is 1. The highest BCUT2D eigenvalue weighted by molar-refractivity contribution is 4.86. The van der Waals surface area contributed by atoms with Crippen molar-refractivity contribution in [3.8, 4) is 0 Å². The Labute approximate surface area is 52.4 Å². The van der Waals surface area contributed by atoms with E-state index in [2.05, 4.69) is 5.43 Å². The van der Waals surface area contributed by atoms with Gasteiger partial charge in [-0.15, -0.1) is 0 Å². The number of hydrogen-bond donors (Lipinski definition) is 2. The van der Waals surface area contributed by atoms with Gasteiger partial charge in [-0.2, -0.15) is 0 Å². The molecule has 1 aliphatic carbocycles. The van der Waals surface area contributed by atoms with Crippen LogP contribution in [0.4, 0.5) is 8.78 Å². The second-order valence-electron chi connectivity index (χ2n) is 2.54. The Morgan fingerprint density at radius 1 is 1.56 bits per heavy atom. The summed E-state index contributed by atoms with van der Waals surface area (Å²) in [6, 6.07) is 0. The van der Waals surface area contributed by atoms with Gasteiger partial charge in [0, 0.05) is 19.4 Å². The summed E-state index contributed by atoms with van der Waals surface area (Å²) >= 11 is 0. The first kappa shape index (κ1) is 6.89. The molecule has 0 saturated heterocycles. The minimum absolute atomic E-state index is 0.00278. The lowest BCUT2D eigenvalue weighted by molar-refractivity contribution is -0.109. The summed E-state index contributed by atoms with van der Waals surface area (Å²) in [6.07, 6.45) is -0.00556. The van der Waals surface area contributed by atoms with Crippen molar-refractivity contribution in [3.63, 3.8) is 0 Å². The molecule has 2 nitrogen and oxygen atoms in total. The fourth-order valence-electron chi connectivity index (χ4n) is 1.10. The van der Waals surface area contributed by atoms with E-state index in [-0.39, 0.29) is 18.8 Å². The second kappa shape index (κ2) is 2.19. The number of halogens is 2. The molecule has 1 fully saturated rings. The molecule has 1 saturated carbocycles. The molecule has 0 radical (unpaired) electrons. The van der Waals surface area contributed by atoms with Crippen LogP contribution in [0.15, 0.2) is 0 Å². The standard InChI is InChI=1S/C5H10F2N2/c6-5(7)1-4(2-5)3-9-8/h4,9H,1-3,8H2. The van der Waals surface area contributed by atoms with E-state index in [9.17, 15) is 8.78 Å². The lowest BCUT2D eigenvalue weighted by Gasteiger charge is -2.34. The third-order valence-corrected chi connectivity index (χ3v) is 1.58. The van der Waals surface area contributed by atoms with E-state index in [0.717, 1.165) is 0 Å². The first-order chi connectivity index (χ1) is 4.14. The Morgan fingerprint density at radius 2 is 2.11 bits per heavy atom. The lowest BCUT2D eigenvalue weighted by Crippen LogP contribution is -2.42. The summed E-state index contributed by atoms with van der Waals surface area (Å²) in [6.45, 7) is 0.510. The number of alkyl halides is 2. The van der Waals surface area contributed by atoms with Gasteiger partial charge < -0.3 is 0 Å². The molecule has 9 heavy (non-hydrogen) atoms. The van der Waals surface area contributed by atoms with E-state index in [0.29, 0.717) is 6.54 Å². The zero-order valence-corrected chi connectivity index (χ0v) is 5.03. The molecule has 1 aliphatic rings. The van der Waals surface area contributed by atoms with Crippen LogP contribution < -0.4 is 11.3 Å². The largest absolute Gasteiger partial charge is 0.271 e. The van der Waals surface area contributed by atoms with E-state index < -0.39 is 5.92 Å². The van der Waals surface area contributed by atoms with Crippen molar-refractivity contribution in [3.05, 3.63) is 0 Å². The van der Waals surface area contributed by atoms with E-state index in [1.165, 1.54) is 0 Å². The van der Waals surface area contributed by atoms with Crippen LogP contribution in [0.3, 0.4) is 0 Å². The third kappa shape index (κ3) is 1.59. The number of nitrogens with two attached hydrogens (primary N) is 1. The average molecular weight is 136 g/mol. The van der Waals surface area contributed by atoms with Crippen molar-refractivity contribution < 1.29 is 8.78 Å². The molecule has 0 aromatic carbocycles. The maximum absolute atomic E-state index is 12.0. The normalized spacial score (nSPS) is 25.7. The maximum atomic E-state index is 12.0. The van der Waals surface area contributed by atoms with Crippen LogP contribution in [0, 0.1) is 5.92 Å². The van der Waals surface area contributed by atoms with Gasteiger partial charge in [0.25, 0.3) is 0 Å². The van der Waals surface area contributed by atoms with Gasteiger partial charge >= 0.3 is 0 Å². The Morgan fingerprint density at radius 3 is 2.44 bits per heavy atom. The van der Waals surface area contributed by atoms with Gasteiger partial charge in [0.2, 0.25) is 5.92 Å². The van der Waals surface area contributed by atoms with Crippen LogP contribution in [0.25, 0.3) is 0 Å². The second-order valence-corrected chi connectivity index (χ2v) is 2.54. The van der Waals surface area contributed by atoms with Crippen LogP contribution in [0.1, 0.15) is 12.8 Å². The fraction of sp³-hybridized carbons (Fsp3) is 1.00. The molecule has 0 unspecified atom stereocenters. The van der Waals surface area contributed by atoms with Gasteiger partial charge in [-0.25, -0.2) is 8.78 Å². The highest BCUT2D eigenvalue weighted by Gasteiger charge is 2.44. The zero-order valence-electron chi connectivity index (χ0n) is 5.03. The summed E-state index contributed by atoms with van der Waals surface area (Å²) < 4.78 is 24.1. The van der Waals surface area contributed by atoms with Crippen molar-refractivity contribution in [2.45, 2.75) is 18.8 Å². The van der Waals surface area contributed by atoms with Crippen molar-refractivity contribution >= 4 is 0 Å². The quantitative estimate of drug-likeness (QED) is 0.428. The average Bonchev–Trinajstić information content (AvgIpc) is 1.62. The first-order valence-electron chi connectivity index (χ1n) is 2.95. The summed E-state index contributed by atoms with van der Waals surface area (Å²) in [5.41, 5.74) is 2.37. The topological polar surface area (TPSA) is 38.0 Å². The molecule has 3 N–H and O–H groups in total. The highest BCUT2D eigenvalue weighted by Crippen LogP contribution is 2.41. The molecule has 0 atom stereocenters. The lowest BCUT2D eigenvalue weighted by atomic mass is 9.81. The Balaban J connectivity index is 2.12. The summed E-state index contributed by atoms with van der Waals surface area (Å²) in [5, 5.41) is 0. The fourth-order valence-corrected chi connectivity index (χ4v) is 1.10. The third-order valence-electron chi connectivity index (χ3n) is 1.58. The van der Waals surface area contributed by atoms with Gasteiger partial charge in [0.15, 0.2) is 0 Å². The first-order valence-corrected chi connectivity index (χ1v) is 2.95. The molecule has 0 aliphatic heterocycles. The molecule has 0 heterocycles. The van der Waals surface area contributed by atoms with Gasteiger partial charge in [-0.3, -0.25) is 11.3 Å². The zero-order chi connectivity index (χ0) is 6.91. The maximum Gasteiger partial charge on any atom is 0.248 e. The predicted octanol–water partition coefficient (Wildman–Crippen LogP) is 0.495. The van der Waals surface area contributed by atoms with Crippen LogP contribution in [0.2, 0.25) is 0 Å². The van der Waals surface area contributed by atoms with Crippen molar-refractivity contribution in [2.24, 2.45) is 11.8 Å². The molecule has 0 bridgehead atoms. The molecule has 0 aromatic rings. The van der Waals surface area contributed by atoms with Crippen molar-refractivity contribution in [2.75, 3.05) is 6.54 Å². The van der Waals surface area contributed by atoms with E-state index in [4.69, 9.17) is 5.84 Å². The van der Waals surface area contributed by atoms with Crippen molar-refractivity contribution in [1.82, 2.24) is 5.43 Å². The molecular formula is C5H10F2N2. The number of rotatable bonds is 2. The number of nitrogens with one attached hydrogen (secondary N) is 1. The molecule has 4 heteroatoms. The van der Waals surface area contributed by atoms with Crippen LogP contribution in [-0.4, -0.2) is 12.5 Å². The van der Waals surface area contributed by atoms with Crippen LogP contribution >= 0.6 is 0 Å². The smallest absolute Gasteiger partial charge is 0.248 e. The van der Waals surface area contributed by atoms with Crippen molar-refractivity contribution in [1.29, 1.82) is 0 Å². The van der Waals surface area contributed by atoms with Gasteiger partial charge in [0.1, 0.15) is 0 Å². The Hall–Kier alpha value is -0.220. The molecule has 54 valence electrons. The van der Waals surface area contributed by atoms with Crippen LogP contribution in [-0.2, 0) is 0 Å². The Kier molecular flexibility index (Phi) is 1.68. The summed E-state index contributed by atoms with van der Waals surface area (Å²) in [7, 11) is 0. The SMILES string of the molecule is NNCC1CC(F)(F)C1. The monoisotopic (exact) mass is 136 g/mol. The van der Waals surface area contributed by atoms with Gasteiger partial charge in [-0.05, 0) is 5.92 Å². The van der Waals surface area contributed by atoms with E-state index in [1.807, 2.05) is 0 Å². The molecule has 0 spiro atoms. The van der Waals surface area contributed by atoms with E-state index in [1.54, 1.807) is 0 Å². The minimum Gasteiger partial charge on any atom is -0.271 e. The molecule has 0 aromatic heterocycles. The minimum atomic E-state index is -2.40. The molecule has 0 amide bonds. The highest BCUT2D eigenvalue weighted by atomic mass is 19.3. The molecule has 1 rings (SSSR count). The summed E-state index contributed by atoms with van der Waals surface area (Å²) in [4.78, 5) is 0. The Bertz CT molecular complexity index is 97.1. The van der Waals surface area contributed by atoms with Crippen LogP contribution in [0.5, 0.6) is 0 Å². The number of hydrogen-bond acceptors (Lipinski definition) is 2. The molecular weight excluding hydrogens is 126 g/mol. The predicted molar refractivity (Wildman–Crippen MR) is 29.9 cm³/mol. The van der Waals surface area contributed by atoms with E-state index >= 15 is 0 Å².